The minimum atomic E-state index is -4.66. The molecule has 2 fully saturated rings. The van der Waals surface area contributed by atoms with E-state index in [4.69, 9.17) is 40.5 Å². The Morgan fingerprint density at radius 2 is 1.36 bits per heavy atom. The Labute approximate surface area is 250 Å². The van der Waals surface area contributed by atoms with Crippen LogP contribution in [0.15, 0.2) is 23.8 Å². The number of rotatable bonds is 8. The normalized spacial score (nSPS) is 25.6. The van der Waals surface area contributed by atoms with Gasteiger partial charge in [0, 0.05) is 12.8 Å². The van der Waals surface area contributed by atoms with Gasteiger partial charge in [0.2, 0.25) is 5.95 Å². The van der Waals surface area contributed by atoms with Crippen molar-refractivity contribution in [1.29, 1.82) is 0 Å². The van der Waals surface area contributed by atoms with Crippen molar-refractivity contribution >= 4 is 49.7 Å². The molecule has 246 valence electrons. The van der Waals surface area contributed by atoms with Crippen LogP contribution in [-0.4, -0.2) is 106 Å². The van der Waals surface area contributed by atoms with Crippen molar-refractivity contribution in [1.82, 2.24) is 39.0 Å². The first-order valence-electron chi connectivity index (χ1n) is 12.8. The van der Waals surface area contributed by atoms with Crippen molar-refractivity contribution in [3.63, 3.8) is 0 Å². The van der Waals surface area contributed by atoms with E-state index in [0.717, 1.165) is 0 Å². The zero-order valence-electron chi connectivity index (χ0n) is 22.7. The van der Waals surface area contributed by atoms with Crippen LogP contribution in [0.25, 0.3) is 22.3 Å². The van der Waals surface area contributed by atoms with Crippen molar-refractivity contribution in [2.75, 3.05) is 24.7 Å². The average molecular weight is 678 g/mol. The lowest BCUT2D eigenvalue weighted by Crippen LogP contribution is -2.25. The third-order valence-corrected chi connectivity index (χ3v) is 7.65. The van der Waals surface area contributed by atoms with E-state index in [9.17, 15) is 24.1 Å². The molecule has 2 aliphatic rings. The highest BCUT2D eigenvalue weighted by atomic mass is 31.2. The molecular weight excluding hydrogens is 650 g/mol. The van der Waals surface area contributed by atoms with Gasteiger partial charge in [0.25, 0.3) is 5.56 Å². The zero-order chi connectivity index (χ0) is 32.7. The summed E-state index contributed by atoms with van der Waals surface area (Å²) in [5.74, 6) is 0.132. The highest BCUT2D eigenvalue weighted by molar-refractivity contribution is 7.46. The van der Waals surface area contributed by atoms with Crippen LogP contribution in [0.3, 0.4) is 0 Å². The van der Waals surface area contributed by atoms with Gasteiger partial charge in [0.1, 0.15) is 36.5 Å². The standard InChI is InChI=1S/C10H14N5O7P.C10H14N5O6P/c11-10-13-8-7(9(17)14-10)12-3-15(8)6-1-4(16)5(22-6)2-21-23(18,19)20;11-9-8-10(13-3-12-9)15(4-14-8)7-1-5(16)6(21-7)2-20-22(17,18)19/h3-6,16H,1-2H2,(H2,18,19,20)(H3,11,13,14,17);3-7,16H,1-2H2,(H2,11,12,13)(H2,17,18,19)/t4-,5+,6+;5-,6+,7+/m00/s1. The van der Waals surface area contributed by atoms with Gasteiger partial charge in [-0.1, -0.05) is 0 Å². The maximum Gasteiger partial charge on any atom is 0.469 e. The SMILES string of the molecule is Nc1nc2c(ncn2[C@H]2C[C@H](O)[C@@H](COP(=O)(O)O)O2)c(=O)[nH]1.Nc1ncnc2c1ncn2[C@H]1C[C@H](O)[C@@H](COP(=O)(O)O)O1. The fourth-order valence-corrected chi connectivity index (χ4v) is 5.33. The number of aliphatic hydroxyl groups is 2. The molecule has 6 rings (SSSR count). The molecule has 2 aliphatic heterocycles. The fourth-order valence-electron chi connectivity index (χ4n) is 4.65. The number of aliphatic hydroxyl groups excluding tert-OH is 2. The molecule has 4 aromatic rings. The van der Waals surface area contributed by atoms with Gasteiger partial charge in [-0.15, -0.1) is 0 Å². The molecule has 6 atom stereocenters. The number of fused-ring (bicyclic) bond motifs is 2. The predicted octanol–water partition coefficient (Wildman–Crippen LogP) is -2.37. The molecule has 0 bridgehead atoms. The maximum atomic E-state index is 11.7. The highest BCUT2D eigenvalue weighted by Gasteiger charge is 2.38. The lowest BCUT2D eigenvalue weighted by Gasteiger charge is -2.16. The van der Waals surface area contributed by atoms with Crippen LogP contribution in [-0.2, 0) is 27.7 Å². The first-order chi connectivity index (χ1) is 21.1. The lowest BCUT2D eigenvalue weighted by molar-refractivity contribution is -0.0424. The van der Waals surface area contributed by atoms with E-state index in [-0.39, 0.29) is 35.8 Å². The second kappa shape index (κ2) is 12.7. The van der Waals surface area contributed by atoms with Crippen molar-refractivity contribution in [3.8, 4) is 0 Å². The Bertz CT molecular complexity index is 1820. The molecule has 0 unspecified atom stereocenters. The Balaban J connectivity index is 0.000000178. The highest BCUT2D eigenvalue weighted by Crippen LogP contribution is 2.39. The van der Waals surface area contributed by atoms with E-state index in [1.54, 1.807) is 4.57 Å². The van der Waals surface area contributed by atoms with E-state index in [1.165, 1.54) is 23.5 Å². The second-order valence-corrected chi connectivity index (χ2v) is 12.3. The summed E-state index contributed by atoms with van der Waals surface area (Å²) in [4.78, 5) is 68.7. The summed E-state index contributed by atoms with van der Waals surface area (Å²) in [6.07, 6.45) is -0.714. The topological polar surface area (TPSA) is 352 Å². The van der Waals surface area contributed by atoms with Crippen molar-refractivity contribution in [3.05, 3.63) is 29.3 Å². The molecule has 0 amide bonds. The van der Waals surface area contributed by atoms with E-state index in [2.05, 4.69) is 39.0 Å². The summed E-state index contributed by atoms with van der Waals surface area (Å²) in [5, 5.41) is 19.9. The van der Waals surface area contributed by atoms with Crippen molar-refractivity contribution in [2.45, 2.75) is 49.7 Å². The van der Waals surface area contributed by atoms with Crippen LogP contribution in [0.5, 0.6) is 0 Å². The molecule has 6 heterocycles. The molecule has 11 N–H and O–H groups in total. The van der Waals surface area contributed by atoms with Crippen LogP contribution in [0.4, 0.5) is 11.8 Å². The molecule has 45 heavy (non-hydrogen) atoms. The molecule has 4 aromatic heterocycles. The number of nitrogens with zero attached hydrogens (tertiary/aromatic N) is 7. The Kier molecular flexibility index (Phi) is 9.33. The van der Waals surface area contributed by atoms with Gasteiger partial charge < -0.3 is 50.7 Å². The lowest BCUT2D eigenvalue weighted by atomic mass is 10.2. The number of hydrogen-bond acceptors (Lipinski definition) is 16. The molecule has 25 heteroatoms. The van der Waals surface area contributed by atoms with Crippen LogP contribution in [0.2, 0.25) is 0 Å². The van der Waals surface area contributed by atoms with E-state index in [1.807, 2.05) is 0 Å². The van der Waals surface area contributed by atoms with Gasteiger partial charge >= 0.3 is 15.6 Å². The quantitative estimate of drug-likeness (QED) is 0.0878. The van der Waals surface area contributed by atoms with Gasteiger partial charge in [-0.05, 0) is 0 Å². The molecule has 0 saturated carbocycles. The third kappa shape index (κ3) is 7.69. The summed E-state index contributed by atoms with van der Waals surface area (Å²) in [6.45, 7) is -0.906. The minimum Gasteiger partial charge on any atom is -0.390 e. The number of anilines is 2. The number of phosphoric ester groups is 2. The molecule has 0 spiro atoms. The minimum absolute atomic E-state index is 0.0622. The number of aromatic amines is 1. The number of nitrogens with one attached hydrogen (secondary N) is 1. The molecule has 2 saturated heterocycles. The van der Waals surface area contributed by atoms with E-state index in [0.29, 0.717) is 11.2 Å². The maximum absolute atomic E-state index is 11.7. The van der Waals surface area contributed by atoms with E-state index < -0.39 is 71.3 Å². The summed E-state index contributed by atoms with van der Waals surface area (Å²) >= 11 is 0. The zero-order valence-corrected chi connectivity index (χ0v) is 24.5. The number of nitrogens with two attached hydrogens (primary N) is 2. The number of ether oxygens (including phenoxy) is 2. The Morgan fingerprint density at radius 3 is 1.89 bits per heavy atom. The van der Waals surface area contributed by atoms with Crippen LogP contribution in [0, 0.1) is 0 Å². The van der Waals surface area contributed by atoms with Crippen LogP contribution in [0.1, 0.15) is 25.3 Å². The van der Waals surface area contributed by atoms with Crippen LogP contribution >= 0.6 is 15.6 Å². The third-order valence-electron chi connectivity index (χ3n) is 6.68. The van der Waals surface area contributed by atoms with E-state index >= 15 is 0 Å². The summed E-state index contributed by atoms with van der Waals surface area (Å²) < 4.78 is 44.2. The molecule has 0 aromatic carbocycles. The summed E-state index contributed by atoms with van der Waals surface area (Å²) in [6, 6.07) is 0. The average Bonchev–Trinajstić information content (AvgIpc) is 3.71. The Morgan fingerprint density at radius 1 is 0.844 bits per heavy atom. The number of imidazole rings is 2. The largest absolute Gasteiger partial charge is 0.469 e. The van der Waals surface area contributed by atoms with Gasteiger partial charge in [-0.3, -0.25) is 28.0 Å². The van der Waals surface area contributed by atoms with Gasteiger partial charge in [0.15, 0.2) is 22.6 Å². The number of hydrogen-bond donors (Lipinski definition) is 9. The summed E-state index contributed by atoms with van der Waals surface area (Å²) in [7, 11) is -9.28. The first-order valence-corrected chi connectivity index (χ1v) is 15.9. The number of phosphoric acid groups is 2. The number of aromatic nitrogens is 8. The number of nitrogen functional groups attached to an aromatic ring is 2. The summed E-state index contributed by atoms with van der Waals surface area (Å²) in [5.41, 5.74) is 11.8. The smallest absolute Gasteiger partial charge is 0.390 e. The first kappa shape index (κ1) is 32.9. The van der Waals surface area contributed by atoms with Crippen LogP contribution < -0.4 is 17.0 Å². The molecular formula is C20H28N10O13P2. The van der Waals surface area contributed by atoms with Gasteiger partial charge in [0.05, 0.1) is 38.1 Å². The van der Waals surface area contributed by atoms with Crippen molar-refractivity contribution < 1.29 is 57.4 Å². The molecule has 0 radical (unpaired) electrons. The molecule has 0 aliphatic carbocycles. The Hall–Kier alpha value is -3.44. The number of H-pyrrole nitrogens is 1. The van der Waals surface area contributed by atoms with Crippen molar-refractivity contribution in [2.24, 2.45) is 0 Å². The van der Waals surface area contributed by atoms with Gasteiger partial charge in [-0.2, -0.15) is 4.98 Å². The second-order valence-electron chi connectivity index (χ2n) is 9.80. The molecule has 23 nitrogen and oxygen atoms in total. The fraction of sp³-hybridized carbons (Fsp3) is 0.500. The van der Waals surface area contributed by atoms with Gasteiger partial charge in [-0.25, -0.2) is 29.1 Å². The predicted molar refractivity (Wildman–Crippen MR) is 147 cm³/mol. The monoisotopic (exact) mass is 678 g/mol.